The third kappa shape index (κ3) is 9.44. The summed E-state index contributed by atoms with van der Waals surface area (Å²) in [5, 5.41) is 17.0. The molecular weight excluding hydrogens is 736 g/mol. The van der Waals surface area contributed by atoms with Crippen LogP contribution in [0.15, 0.2) is 42.7 Å². The Hall–Kier alpha value is -4.84. The Morgan fingerprint density at radius 2 is 1.69 bits per heavy atom. The van der Waals surface area contributed by atoms with Crippen LogP contribution in [0.2, 0.25) is 5.02 Å². The smallest absolute Gasteiger partial charge is 0.345 e. The zero-order chi connectivity index (χ0) is 39.3. The van der Waals surface area contributed by atoms with Crippen LogP contribution in [0.5, 0.6) is 0 Å². The summed E-state index contributed by atoms with van der Waals surface area (Å²) in [5.74, 6) is -3.56. The summed E-state index contributed by atoms with van der Waals surface area (Å²) in [4.78, 5) is 48.4. The summed E-state index contributed by atoms with van der Waals surface area (Å²) < 4.78 is 62.4. The largest absolute Gasteiger partial charge is 0.392 e. The molecule has 1 fully saturated rings. The predicted molar refractivity (Wildman–Crippen MR) is 192 cm³/mol. The molecule has 3 heterocycles. The number of aliphatic hydroxyl groups is 1. The van der Waals surface area contributed by atoms with Crippen molar-refractivity contribution >= 4 is 35.0 Å². The molecule has 2 aromatic carbocycles. The van der Waals surface area contributed by atoms with Gasteiger partial charge in [-0.3, -0.25) is 19.1 Å². The molecule has 18 heteroatoms. The Balaban J connectivity index is 1.20. The van der Waals surface area contributed by atoms with Crippen molar-refractivity contribution in [3.8, 4) is 22.4 Å². The van der Waals surface area contributed by atoms with Gasteiger partial charge in [-0.05, 0) is 51.7 Å². The van der Waals surface area contributed by atoms with Gasteiger partial charge >= 0.3 is 6.61 Å². The van der Waals surface area contributed by atoms with E-state index in [1.807, 2.05) is 19.0 Å². The summed E-state index contributed by atoms with van der Waals surface area (Å²) in [7, 11) is 5.16. The lowest BCUT2D eigenvalue weighted by atomic mass is 10.0. The maximum Gasteiger partial charge on any atom is 0.345 e. The van der Waals surface area contributed by atoms with Crippen LogP contribution in [-0.2, 0) is 23.1 Å². The standard InChI is InChI=1S/C36H41ClF4N8O5/c1-21-27(20-49(44-21)15-16-54-36(40)41)24-8-9-26(32(39)31(24)38)29-18-42-33(46(29)4)34(52)43-22-5-7-25(28(37)17-22)35(53)48-13-11-47(12-14-48)30(51)10-6-23(50)19-45(2)3/h5,7-9,17-18,20,23,36,50H,6,10-16,19H2,1-4H3,(H,43,52)/t23-/m1/s1. The normalized spacial score (nSPS) is 13.9. The van der Waals surface area contributed by atoms with E-state index in [1.54, 1.807) is 16.7 Å². The number of hydrogen-bond donors (Lipinski definition) is 2. The molecule has 3 amide bonds. The van der Waals surface area contributed by atoms with Gasteiger partial charge < -0.3 is 34.4 Å². The van der Waals surface area contributed by atoms with E-state index in [0.29, 0.717) is 44.8 Å². The number of nitrogens with zero attached hydrogens (tertiary/aromatic N) is 7. The molecular formula is C36H41ClF4N8O5. The Kier molecular flexibility index (Phi) is 13.1. The lowest BCUT2D eigenvalue weighted by molar-refractivity contribution is -0.133. The molecule has 1 atom stereocenters. The second kappa shape index (κ2) is 17.5. The van der Waals surface area contributed by atoms with Crippen LogP contribution in [-0.4, -0.2) is 123 Å². The zero-order valence-electron chi connectivity index (χ0n) is 30.2. The fourth-order valence-electron chi connectivity index (χ4n) is 6.20. The quantitative estimate of drug-likeness (QED) is 0.177. The lowest BCUT2D eigenvalue weighted by Gasteiger charge is -2.35. The van der Waals surface area contributed by atoms with Crippen LogP contribution in [0, 0.1) is 18.6 Å². The molecule has 2 aromatic heterocycles. The Morgan fingerprint density at radius 1 is 1.02 bits per heavy atom. The number of piperazine rings is 1. The minimum absolute atomic E-state index is 0.0183. The number of alkyl halides is 2. The first-order valence-corrected chi connectivity index (χ1v) is 17.5. The molecule has 0 unspecified atom stereocenters. The SMILES string of the molecule is Cc1nn(CCOC(F)F)cc1-c1ccc(-c2cnc(C(=O)Nc3ccc(C(=O)N4CCN(C(=O)CC[C@@H](O)CN(C)C)CC4)c(Cl)c3)n2C)c(F)c1F. The minimum atomic E-state index is -2.94. The Labute approximate surface area is 314 Å². The van der Waals surface area contributed by atoms with Gasteiger partial charge in [0.1, 0.15) is 0 Å². The van der Waals surface area contributed by atoms with Gasteiger partial charge in [0.2, 0.25) is 5.91 Å². The number of rotatable bonds is 14. The summed E-state index contributed by atoms with van der Waals surface area (Å²) in [6.07, 6.45) is 2.61. The molecule has 1 aliphatic heterocycles. The van der Waals surface area contributed by atoms with E-state index in [4.69, 9.17) is 11.6 Å². The van der Waals surface area contributed by atoms with E-state index in [0.717, 1.165) is 0 Å². The van der Waals surface area contributed by atoms with Crippen LogP contribution < -0.4 is 5.32 Å². The van der Waals surface area contributed by atoms with Crippen LogP contribution in [0.25, 0.3) is 22.4 Å². The fourth-order valence-corrected chi connectivity index (χ4v) is 6.46. The van der Waals surface area contributed by atoms with Crippen molar-refractivity contribution < 1.29 is 41.8 Å². The fraction of sp³-hybridized carbons (Fsp3) is 0.417. The monoisotopic (exact) mass is 776 g/mol. The van der Waals surface area contributed by atoms with E-state index in [-0.39, 0.29) is 75.9 Å². The summed E-state index contributed by atoms with van der Waals surface area (Å²) in [5.41, 5.74) is 0.962. The number of ether oxygens (including phenoxy) is 1. The first-order chi connectivity index (χ1) is 25.6. The van der Waals surface area contributed by atoms with E-state index < -0.39 is 30.3 Å². The number of carbonyl (C=O) groups excluding carboxylic acids is 3. The summed E-state index contributed by atoms with van der Waals surface area (Å²) in [6.45, 7) is 0.0721. The molecule has 0 aliphatic carbocycles. The number of aromatic nitrogens is 4. The van der Waals surface area contributed by atoms with Crippen molar-refractivity contribution in [2.75, 3.05) is 58.7 Å². The van der Waals surface area contributed by atoms with Crippen molar-refractivity contribution in [1.29, 1.82) is 0 Å². The predicted octanol–water partition coefficient (Wildman–Crippen LogP) is 4.67. The molecule has 0 radical (unpaired) electrons. The van der Waals surface area contributed by atoms with Gasteiger partial charge in [-0.2, -0.15) is 13.9 Å². The van der Waals surface area contributed by atoms with Gasteiger partial charge in [0.05, 0.1) is 47.4 Å². The molecule has 0 bridgehead atoms. The highest BCUT2D eigenvalue weighted by molar-refractivity contribution is 6.34. The van der Waals surface area contributed by atoms with E-state index in [9.17, 15) is 28.3 Å². The van der Waals surface area contributed by atoms with Gasteiger partial charge in [-0.1, -0.05) is 17.7 Å². The number of imidazole rings is 1. The number of nitrogens with one attached hydrogen (secondary N) is 1. The second-order valence-corrected chi connectivity index (χ2v) is 13.5. The molecule has 13 nitrogen and oxygen atoms in total. The number of halogens is 5. The minimum Gasteiger partial charge on any atom is -0.392 e. The molecule has 2 N–H and O–H groups in total. The van der Waals surface area contributed by atoms with E-state index in [2.05, 4.69) is 20.1 Å². The number of anilines is 1. The first-order valence-electron chi connectivity index (χ1n) is 17.1. The number of aliphatic hydroxyl groups excluding tert-OH is 1. The highest BCUT2D eigenvalue weighted by atomic mass is 35.5. The molecule has 0 saturated carbocycles. The summed E-state index contributed by atoms with van der Waals surface area (Å²) >= 11 is 6.48. The van der Waals surface area contributed by atoms with Crippen LogP contribution in [0.1, 0.15) is 39.5 Å². The first kappa shape index (κ1) is 40.3. The van der Waals surface area contributed by atoms with E-state index >= 15 is 8.78 Å². The lowest BCUT2D eigenvalue weighted by Crippen LogP contribution is -2.50. The van der Waals surface area contributed by atoms with Gasteiger partial charge in [-0.25, -0.2) is 13.8 Å². The molecule has 290 valence electrons. The van der Waals surface area contributed by atoms with Crippen molar-refractivity contribution in [3.05, 3.63) is 76.5 Å². The maximum absolute atomic E-state index is 15.5. The van der Waals surface area contributed by atoms with Crippen LogP contribution >= 0.6 is 11.6 Å². The van der Waals surface area contributed by atoms with Crippen molar-refractivity contribution in [3.63, 3.8) is 0 Å². The highest BCUT2D eigenvalue weighted by Gasteiger charge is 2.27. The topological polar surface area (TPSA) is 138 Å². The molecule has 1 saturated heterocycles. The average Bonchev–Trinajstić information content (AvgIpc) is 3.69. The van der Waals surface area contributed by atoms with Gasteiger partial charge in [0, 0.05) is 74.8 Å². The molecule has 1 aliphatic rings. The van der Waals surface area contributed by atoms with Crippen molar-refractivity contribution in [2.45, 2.75) is 39.0 Å². The Bertz CT molecular complexity index is 2000. The van der Waals surface area contributed by atoms with Crippen LogP contribution in [0.4, 0.5) is 23.2 Å². The molecule has 5 rings (SSSR count). The van der Waals surface area contributed by atoms with Crippen LogP contribution in [0.3, 0.4) is 0 Å². The zero-order valence-corrected chi connectivity index (χ0v) is 30.9. The maximum atomic E-state index is 15.5. The molecule has 0 spiro atoms. The number of aryl methyl sites for hydroxylation is 1. The van der Waals surface area contributed by atoms with E-state index in [1.165, 1.54) is 59.0 Å². The molecule has 4 aromatic rings. The average molecular weight is 777 g/mol. The van der Waals surface area contributed by atoms with Gasteiger partial charge in [0.25, 0.3) is 11.8 Å². The molecule has 54 heavy (non-hydrogen) atoms. The number of benzene rings is 2. The van der Waals surface area contributed by atoms with Crippen molar-refractivity contribution in [1.82, 2.24) is 34.0 Å². The number of hydrogen-bond acceptors (Lipinski definition) is 8. The second-order valence-electron chi connectivity index (χ2n) is 13.1. The van der Waals surface area contributed by atoms with Gasteiger partial charge in [0.15, 0.2) is 17.5 Å². The number of amides is 3. The summed E-state index contributed by atoms with van der Waals surface area (Å²) in [6, 6.07) is 7.10. The number of carbonyl (C=O) groups is 3. The number of likely N-dealkylation sites (N-methyl/N-ethyl adjacent to an activating group) is 1. The highest BCUT2D eigenvalue weighted by Crippen LogP contribution is 2.33. The van der Waals surface area contributed by atoms with Gasteiger partial charge in [-0.15, -0.1) is 0 Å². The van der Waals surface area contributed by atoms with Crippen molar-refractivity contribution in [2.24, 2.45) is 7.05 Å². The third-order valence-corrected chi connectivity index (χ3v) is 9.31. The Morgan fingerprint density at radius 3 is 2.35 bits per heavy atom. The third-order valence-electron chi connectivity index (χ3n) is 8.99.